The Balaban J connectivity index is 1.58. The predicted molar refractivity (Wildman–Crippen MR) is 118 cm³/mol. The highest BCUT2D eigenvalue weighted by molar-refractivity contribution is 9.10. The van der Waals surface area contributed by atoms with Crippen molar-refractivity contribution in [2.24, 2.45) is 10.9 Å². The minimum atomic E-state index is -0.202. The standard InChI is InChI=1S/C19H17BrClN5OS/c20-12-3-7-14(8-4-12)26-17(22)15-9-23-25-18(15)24-19(26)28-10-16(27)11-1-5-13(21)6-2-11/h1-8,15,18,22-23,25H,9-10H2. The SMILES string of the molecule is N=C1C2CNNC2N=C(SCC(=O)c2ccc(Cl)cc2)N1c1ccc(Br)cc1. The van der Waals surface area contributed by atoms with Gasteiger partial charge in [0.15, 0.2) is 11.0 Å². The maximum absolute atomic E-state index is 12.6. The van der Waals surface area contributed by atoms with Gasteiger partial charge in [-0.25, -0.2) is 10.4 Å². The van der Waals surface area contributed by atoms with Crippen molar-refractivity contribution in [3.05, 3.63) is 63.6 Å². The molecule has 3 N–H and O–H groups in total. The molecule has 28 heavy (non-hydrogen) atoms. The lowest BCUT2D eigenvalue weighted by molar-refractivity contribution is 0.102. The first-order valence-electron chi connectivity index (χ1n) is 8.65. The Labute approximate surface area is 180 Å². The topological polar surface area (TPSA) is 80.6 Å². The van der Waals surface area contributed by atoms with E-state index in [0.29, 0.717) is 28.1 Å². The molecule has 0 amide bonds. The molecule has 4 rings (SSSR count). The number of benzene rings is 2. The minimum absolute atomic E-state index is 0.00807. The third-order valence-electron chi connectivity index (χ3n) is 4.57. The van der Waals surface area contributed by atoms with Gasteiger partial charge in [0.2, 0.25) is 0 Å². The number of ketones is 1. The predicted octanol–water partition coefficient (Wildman–Crippen LogP) is 3.92. The second-order valence-corrected chi connectivity index (χ2v) is 8.70. The van der Waals surface area contributed by atoms with Crippen molar-refractivity contribution in [2.75, 3.05) is 17.2 Å². The number of carbonyl (C=O) groups is 1. The van der Waals surface area contributed by atoms with Crippen molar-refractivity contribution in [3.8, 4) is 0 Å². The number of nitrogens with one attached hydrogen (secondary N) is 3. The second kappa shape index (κ2) is 8.34. The van der Waals surface area contributed by atoms with E-state index in [4.69, 9.17) is 22.0 Å². The van der Waals surface area contributed by atoms with Gasteiger partial charge in [0.1, 0.15) is 12.0 Å². The average Bonchev–Trinajstić information content (AvgIpc) is 3.17. The largest absolute Gasteiger partial charge is 0.293 e. The molecule has 144 valence electrons. The number of rotatable bonds is 4. The van der Waals surface area contributed by atoms with Crippen molar-refractivity contribution in [3.63, 3.8) is 0 Å². The molecule has 6 nitrogen and oxygen atoms in total. The second-order valence-electron chi connectivity index (χ2n) is 6.40. The zero-order valence-corrected chi connectivity index (χ0v) is 17.8. The summed E-state index contributed by atoms with van der Waals surface area (Å²) in [6.45, 7) is 0.641. The van der Waals surface area contributed by atoms with Crippen LogP contribution in [0.2, 0.25) is 5.02 Å². The van der Waals surface area contributed by atoms with Crippen LogP contribution in [-0.2, 0) is 0 Å². The Kier molecular flexibility index (Phi) is 5.84. The maximum atomic E-state index is 12.6. The number of anilines is 1. The van der Waals surface area contributed by atoms with Crippen molar-refractivity contribution in [1.82, 2.24) is 10.9 Å². The van der Waals surface area contributed by atoms with Crippen molar-refractivity contribution in [1.29, 1.82) is 5.41 Å². The number of Topliss-reactive ketones (excluding diaryl/α,β-unsaturated/α-hetero) is 1. The van der Waals surface area contributed by atoms with Gasteiger partial charge in [0, 0.05) is 27.3 Å². The summed E-state index contributed by atoms with van der Waals surface area (Å²) in [5.74, 6) is 0.624. The molecular formula is C19H17BrClN5OS. The first kappa shape index (κ1) is 19.6. The van der Waals surface area contributed by atoms with Crippen molar-refractivity contribution >= 4 is 61.8 Å². The average molecular weight is 479 g/mol. The Morgan fingerprint density at radius 2 is 1.96 bits per heavy atom. The van der Waals surface area contributed by atoms with Crippen LogP contribution in [0.5, 0.6) is 0 Å². The van der Waals surface area contributed by atoms with Gasteiger partial charge in [-0.2, -0.15) is 0 Å². The molecule has 9 heteroatoms. The molecule has 2 heterocycles. The van der Waals surface area contributed by atoms with Gasteiger partial charge in [0.05, 0.1) is 11.7 Å². The summed E-state index contributed by atoms with van der Waals surface area (Å²) < 4.78 is 0.964. The number of hydrogen-bond donors (Lipinski definition) is 3. The van der Waals surface area contributed by atoms with Crippen LogP contribution in [0.1, 0.15) is 10.4 Å². The summed E-state index contributed by atoms with van der Waals surface area (Å²) in [6, 6.07) is 14.6. The van der Waals surface area contributed by atoms with E-state index in [-0.39, 0.29) is 23.6 Å². The minimum Gasteiger partial charge on any atom is -0.293 e. The monoisotopic (exact) mass is 477 g/mol. The van der Waals surface area contributed by atoms with E-state index in [2.05, 4.69) is 26.8 Å². The molecule has 2 unspecified atom stereocenters. The highest BCUT2D eigenvalue weighted by atomic mass is 79.9. The van der Waals surface area contributed by atoms with Crippen LogP contribution in [0.4, 0.5) is 5.69 Å². The van der Waals surface area contributed by atoms with Gasteiger partial charge in [-0.3, -0.25) is 20.5 Å². The molecule has 0 radical (unpaired) electrons. The number of hydrogen-bond acceptors (Lipinski definition) is 6. The number of halogens is 2. The van der Waals surface area contributed by atoms with Crippen LogP contribution in [0, 0.1) is 11.3 Å². The van der Waals surface area contributed by atoms with Crippen LogP contribution < -0.4 is 15.8 Å². The van der Waals surface area contributed by atoms with Crippen LogP contribution in [-0.4, -0.2) is 35.2 Å². The van der Waals surface area contributed by atoms with E-state index in [9.17, 15) is 4.79 Å². The first-order valence-corrected chi connectivity index (χ1v) is 10.8. The number of amidine groups is 2. The Hall–Kier alpha value is -1.71. The molecule has 0 bridgehead atoms. The summed E-state index contributed by atoms with van der Waals surface area (Å²) >= 11 is 10.7. The third kappa shape index (κ3) is 4.01. The number of aliphatic imine (C=N–C) groups is 1. The summed E-state index contributed by atoms with van der Waals surface area (Å²) in [4.78, 5) is 19.2. The van der Waals surface area contributed by atoms with Crippen LogP contribution in [0.3, 0.4) is 0 Å². The molecule has 0 saturated carbocycles. The number of thioether (sulfide) groups is 1. The first-order chi connectivity index (χ1) is 13.5. The lowest BCUT2D eigenvalue weighted by Crippen LogP contribution is -2.49. The molecule has 2 aliphatic heterocycles. The van der Waals surface area contributed by atoms with Crippen LogP contribution >= 0.6 is 39.3 Å². The van der Waals surface area contributed by atoms with Crippen molar-refractivity contribution in [2.45, 2.75) is 6.17 Å². The molecular weight excluding hydrogens is 462 g/mol. The zero-order valence-electron chi connectivity index (χ0n) is 14.7. The lowest BCUT2D eigenvalue weighted by atomic mass is 10.0. The van der Waals surface area contributed by atoms with E-state index >= 15 is 0 Å². The van der Waals surface area contributed by atoms with E-state index in [1.807, 2.05) is 29.2 Å². The Morgan fingerprint density at radius 1 is 1.25 bits per heavy atom. The quantitative estimate of drug-likeness (QED) is 0.580. The molecule has 0 aliphatic carbocycles. The lowest BCUT2D eigenvalue weighted by Gasteiger charge is -2.34. The molecule has 2 aromatic rings. The number of hydrazine groups is 1. The summed E-state index contributed by atoms with van der Waals surface area (Å²) in [7, 11) is 0. The van der Waals surface area contributed by atoms with E-state index in [0.717, 1.165) is 10.2 Å². The number of carbonyl (C=O) groups excluding carboxylic acids is 1. The molecule has 2 atom stereocenters. The Morgan fingerprint density at radius 3 is 2.68 bits per heavy atom. The summed E-state index contributed by atoms with van der Waals surface area (Å²) in [5.41, 5.74) is 7.63. The van der Waals surface area contributed by atoms with Gasteiger partial charge >= 0.3 is 0 Å². The molecule has 2 aromatic carbocycles. The van der Waals surface area contributed by atoms with Crippen LogP contribution in [0.15, 0.2) is 58.0 Å². The third-order valence-corrected chi connectivity index (χ3v) is 6.30. The fourth-order valence-electron chi connectivity index (χ4n) is 3.09. The number of nitrogens with zero attached hydrogens (tertiary/aromatic N) is 2. The highest BCUT2D eigenvalue weighted by Crippen LogP contribution is 2.30. The maximum Gasteiger partial charge on any atom is 0.173 e. The van der Waals surface area contributed by atoms with E-state index < -0.39 is 0 Å². The van der Waals surface area contributed by atoms with Gasteiger partial charge in [-0.1, -0.05) is 39.3 Å². The number of fused-ring (bicyclic) bond motifs is 1. The molecule has 0 aromatic heterocycles. The van der Waals surface area contributed by atoms with Gasteiger partial charge < -0.3 is 0 Å². The summed E-state index contributed by atoms with van der Waals surface area (Å²) in [5, 5.41) is 9.94. The summed E-state index contributed by atoms with van der Waals surface area (Å²) in [6.07, 6.45) is -0.202. The Bertz CT molecular complexity index is 934. The fourth-order valence-corrected chi connectivity index (χ4v) is 4.43. The van der Waals surface area contributed by atoms with E-state index in [1.54, 1.807) is 24.3 Å². The van der Waals surface area contributed by atoms with Gasteiger partial charge in [0.25, 0.3) is 0 Å². The molecule has 1 saturated heterocycles. The van der Waals surface area contributed by atoms with Gasteiger partial charge in [-0.15, -0.1) is 0 Å². The van der Waals surface area contributed by atoms with Crippen molar-refractivity contribution < 1.29 is 4.79 Å². The normalized spacial score (nSPS) is 21.4. The molecule has 1 fully saturated rings. The molecule has 2 aliphatic rings. The van der Waals surface area contributed by atoms with Crippen LogP contribution in [0.25, 0.3) is 0 Å². The zero-order chi connectivity index (χ0) is 19.7. The van der Waals surface area contributed by atoms with Gasteiger partial charge in [-0.05, 0) is 48.5 Å². The smallest absolute Gasteiger partial charge is 0.173 e. The fraction of sp³-hybridized carbons (Fsp3) is 0.211. The van der Waals surface area contributed by atoms with E-state index in [1.165, 1.54) is 11.8 Å². The highest BCUT2D eigenvalue weighted by Gasteiger charge is 2.39. The molecule has 0 spiro atoms.